The summed E-state index contributed by atoms with van der Waals surface area (Å²) in [5, 5.41) is 6.23. The van der Waals surface area contributed by atoms with Crippen LogP contribution < -0.4 is 10.6 Å². The van der Waals surface area contributed by atoms with E-state index < -0.39 is 0 Å². The third-order valence-electron chi connectivity index (χ3n) is 3.78. The fourth-order valence-corrected chi connectivity index (χ4v) is 2.53. The molecule has 0 radical (unpaired) electrons. The molecule has 0 aromatic heterocycles. The number of benzene rings is 1. The van der Waals surface area contributed by atoms with E-state index in [1.165, 1.54) is 12.0 Å². The molecule has 0 bridgehead atoms. The van der Waals surface area contributed by atoms with Crippen LogP contribution in [0.1, 0.15) is 44.6 Å². The molecule has 1 aromatic carbocycles. The Morgan fingerprint density at radius 2 is 2.10 bits per heavy atom. The maximum atomic E-state index is 11.9. The minimum absolute atomic E-state index is 0.0728. The van der Waals surface area contributed by atoms with E-state index in [9.17, 15) is 4.79 Å². The van der Waals surface area contributed by atoms with Gasteiger partial charge >= 0.3 is 0 Å². The normalized spacial score (nSPS) is 18.4. The molecule has 1 atom stereocenters. The summed E-state index contributed by atoms with van der Waals surface area (Å²) in [5.41, 5.74) is 2.09. The smallest absolute Gasteiger partial charge is 0.224 e. The molecule has 1 aliphatic rings. The number of nitrogens with one attached hydrogen (secondary N) is 2. The molecule has 1 aliphatic heterocycles. The van der Waals surface area contributed by atoms with Gasteiger partial charge in [0.25, 0.3) is 0 Å². The molecule has 1 amide bonds. The molecule has 1 unspecified atom stereocenters. The van der Waals surface area contributed by atoms with Crippen molar-refractivity contribution in [1.29, 1.82) is 0 Å². The molecular formula is C17H26N2O2. The van der Waals surface area contributed by atoms with Gasteiger partial charge in [-0.25, -0.2) is 0 Å². The van der Waals surface area contributed by atoms with E-state index in [2.05, 4.69) is 17.6 Å². The summed E-state index contributed by atoms with van der Waals surface area (Å²) in [5.74, 6) is 0.0728. The summed E-state index contributed by atoms with van der Waals surface area (Å²) in [7, 11) is 0. The Kier molecular flexibility index (Phi) is 6.70. The van der Waals surface area contributed by atoms with Gasteiger partial charge in [0.05, 0.1) is 6.10 Å². The number of carbonyl (C=O) groups is 1. The number of anilines is 1. The van der Waals surface area contributed by atoms with Gasteiger partial charge in [0.15, 0.2) is 0 Å². The molecule has 1 heterocycles. The Hall–Kier alpha value is -1.39. The van der Waals surface area contributed by atoms with E-state index in [1.807, 2.05) is 24.3 Å². The van der Waals surface area contributed by atoms with Gasteiger partial charge in [-0.15, -0.1) is 0 Å². The quantitative estimate of drug-likeness (QED) is 0.811. The van der Waals surface area contributed by atoms with Gasteiger partial charge < -0.3 is 15.4 Å². The van der Waals surface area contributed by atoms with E-state index in [0.717, 1.165) is 44.6 Å². The zero-order valence-corrected chi connectivity index (χ0v) is 12.9. The molecule has 0 spiro atoms. The lowest BCUT2D eigenvalue weighted by molar-refractivity contribution is -0.117. The van der Waals surface area contributed by atoms with Crippen LogP contribution in [0.3, 0.4) is 0 Å². The number of hydrogen-bond donors (Lipinski definition) is 2. The first-order chi connectivity index (χ1) is 10.3. The Bertz CT molecular complexity index is 425. The van der Waals surface area contributed by atoms with Crippen LogP contribution in [0.25, 0.3) is 0 Å². The average molecular weight is 290 g/mol. The van der Waals surface area contributed by atoms with Crippen LogP contribution in [0.15, 0.2) is 24.3 Å². The minimum Gasteiger partial charge on any atom is -0.378 e. The molecule has 4 nitrogen and oxygen atoms in total. The van der Waals surface area contributed by atoms with Gasteiger partial charge in [0, 0.05) is 25.3 Å². The highest BCUT2D eigenvalue weighted by Gasteiger charge is 2.15. The molecule has 0 saturated carbocycles. The number of hydrogen-bond acceptors (Lipinski definition) is 3. The molecule has 2 N–H and O–H groups in total. The van der Waals surface area contributed by atoms with Crippen molar-refractivity contribution in [2.24, 2.45) is 0 Å². The summed E-state index contributed by atoms with van der Waals surface area (Å²) in [6.07, 6.45) is 5.09. The Labute approximate surface area is 127 Å². The van der Waals surface area contributed by atoms with Crippen LogP contribution in [0, 0.1) is 0 Å². The predicted molar refractivity (Wildman–Crippen MR) is 85.3 cm³/mol. The van der Waals surface area contributed by atoms with Crippen LogP contribution in [0.2, 0.25) is 0 Å². The molecule has 1 saturated heterocycles. The fraction of sp³-hybridized carbons (Fsp3) is 0.588. The van der Waals surface area contributed by atoms with Crippen molar-refractivity contribution in [3.8, 4) is 0 Å². The highest BCUT2D eigenvalue weighted by molar-refractivity contribution is 5.90. The molecule has 2 rings (SSSR count). The van der Waals surface area contributed by atoms with Crippen LogP contribution in [-0.4, -0.2) is 25.2 Å². The largest absolute Gasteiger partial charge is 0.378 e. The van der Waals surface area contributed by atoms with Gasteiger partial charge in [0.1, 0.15) is 0 Å². The van der Waals surface area contributed by atoms with Gasteiger partial charge in [-0.2, -0.15) is 0 Å². The summed E-state index contributed by atoms with van der Waals surface area (Å²) < 4.78 is 5.64. The SMILES string of the molecule is CCNCc1ccc(NC(=O)CCC2CCCCO2)cc1. The van der Waals surface area contributed by atoms with E-state index in [-0.39, 0.29) is 12.0 Å². The van der Waals surface area contributed by atoms with Crippen molar-refractivity contribution >= 4 is 11.6 Å². The summed E-state index contributed by atoms with van der Waals surface area (Å²) >= 11 is 0. The Morgan fingerprint density at radius 3 is 2.76 bits per heavy atom. The highest BCUT2D eigenvalue weighted by Crippen LogP contribution is 2.17. The summed E-state index contributed by atoms with van der Waals surface area (Å²) in [6.45, 7) is 4.76. The second kappa shape index (κ2) is 8.80. The lowest BCUT2D eigenvalue weighted by atomic mass is 10.0. The molecule has 116 valence electrons. The van der Waals surface area contributed by atoms with Gasteiger partial charge in [-0.3, -0.25) is 4.79 Å². The van der Waals surface area contributed by atoms with Crippen LogP contribution in [-0.2, 0) is 16.1 Å². The molecule has 0 aliphatic carbocycles. The van der Waals surface area contributed by atoms with E-state index in [1.54, 1.807) is 0 Å². The Morgan fingerprint density at radius 1 is 1.29 bits per heavy atom. The second-order valence-corrected chi connectivity index (χ2v) is 5.55. The predicted octanol–water partition coefficient (Wildman–Crippen LogP) is 3.08. The zero-order chi connectivity index (χ0) is 14.9. The lowest BCUT2D eigenvalue weighted by Crippen LogP contribution is -2.21. The molecule has 21 heavy (non-hydrogen) atoms. The topological polar surface area (TPSA) is 50.4 Å². The van der Waals surface area contributed by atoms with Crippen molar-refractivity contribution in [1.82, 2.24) is 5.32 Å². The minimum atomic E-state index is 0.0728. The van der Waals surface area contributed by atoms with Crippen LogP contribution >= 0.6 is 0 Å². The number of carbonyl (C=O) groups excluding carboxylic acids is 1. The first-order valence-corrected chi connectivity index (χ1v) is 7.99. The zero-order valence-electron chi connectivity index (χ0n) is 12.9. The van der Waals surface area contributed by atoms with E-state index >= 15 is 0 Å². The number of amides is 1. The third-order valence-corrected chi connectivity index (χ3v) is 3.78. The van der Waals surface area contributed by atoms with Crippen molar-refractivity contribution in [2.75, 3.05) is 18.5 Å². The molecule has 1 aromatic rings. The number of rotatable bonds is 7. The van der Waals surface area contributed by atoms with Gasteiger partial charge in [0.2, 0.25) is 5.91 Å². The van der Waals surface area contributed by atoms with Crippen molar-refractivity contribution in [3.05, 3.63) is 29.8 Å². The second-order valence-electron chi connectivity index (χ2n) is 5.55. The fourth-order valence-electron chi connectivity index (χ4n) is 2.53. The van der Waals surface area contributed by atoms with E-state index in [0.29, 0.717) is 6.42 Å². The number of ether oxygens (including phenoxy) is 1. The van der Waals surface area contributed by atoms with Gasteiger partial charge in [-0.1, -0.05) is 19.1 Å². The first kappa shape index (κ1) is 16.0. The monoisotopic (exact) mass is 290 g/mol. The van der Waals surface area contributed by atoms with Crippen LogP contribution in [0.5, 0.6) is 0 Å². The molecule has 4 heteroatoms. The summed E-state index contributed by atoms with van der Waals surface area (Å²) in [6, 6.07) is 8.01. The maximum Gasteiger partial charge on any atom is 0.224 e. The van der Waals surface area contributed by atoms with Crippen LogP contribution in [0.4, 0.5) is 5.69 Å². The highest BCUT2D eigenvalue weighted by atomic mass is 16.5. The molecule has 1 fully saturated rings. The molecular weight excluding hydrogens is 264 g/mol. The van der Waals surface area contributed by atoms with E-state index in [4.69, 9.17) is 4.74 Å². The Balaban J connectivity index is 1.71. The first-order valence-electron chi connectivity index (χ1n) is 7.99. The van der Waals surface area contributed by atoms with Crippen molar-refractivity contribution in [3.63, 3.8) is 0 Å². The van der Waals surface area contributed by atoms with Crippen molar-refractivity contribution < 1.29 is 9.53 Å². The third kappa shape index (κ3) is 5.86. The lowest BCUT2D eigenvalue weighted by Gasteiger charge is -2.22. The standard InChI is InChI=1S/C17H26N2O2/c1-2-18-13-14-6-8-15(9-7-14)19-17(20)11-10-16-5-3-4-12-21-16/h6-9,16,18H,2-5,10-13H2,1H3,(H,19,20). The van der Waals surface area contributed by atoms with Crippen molar-refractivity contribution in [2.45, 2.75) is 51.7 Å². The maximum absolute atomic E-state index is 11.9. The average Bonchev–Trinajstić information content (AvgIpc) is 2.53. The van der Waals surface area contributed by atoms with Gasteiger partial charge in [-0.05, 0) is 49.9 Å². The summed E-state index contributed by atoms with van der Waals surface area (Å²) in [4.78, 5) is 11.9.